The highest BCUT2D eigenvalue weighted by Gasteiger charge is 2.07. The van der Waals surface area contributed by atoms with E-state index >= 15 is 0 Å². The number of nitrogens with one attached hydrogen (secondary N) is 2. The van der Waals surface area contributed by atoms with Crippen molar-refractivity contribution in [1.82, 2.24) is 9.97 Å². The highest BCUT2D eigenvalue weighted by atomic mass is 16.3. The Bertz CT molecular complexity index is 529. The average molecular weight is 246 g/mol. The Kier molecular flexibility index (Phi) is 3.94. The fourth-order valence-electron chi connectivity index (χ4n) is 1.68. The summed E-state index contributed by atoms with van der Waals surface area (Å²) in [6.45, 7) is 2.43. The monoisotopic (exact) mass is 246 g/mol. The van der Waals surface area contributed by atoms with Gasteiger partial charge >= 0.3 is 0 Å². The smallest absolute Gasteiger partial charge is 0.224 e. The van der Waals surface area contributed by atoms with Gasteiger partial charge in [0.2, 0.25) is 5.95 Å². The Balaban J connectivity index is 2.34. The van der Waals surface area contributed by atoms with Crippen LogP contribution in [0.3, 0.4) is 0 Å². The highest BCUT2D eigenvalue weighted by Crippen LogP contribution is 2.21. The molecule has 1 heterocycles. The lowest BCUT2D eigenvalue weighted by Gasteiger charge is -2.12. The standard InChI is InChI=1S/C13H18N4O/c1-3-9(18)8-15-12-10-6-4-5-7-11(10)16-13(14-2)17-12/h4-7,9,18H,3,8H2,1-2H3,(H2,14,15,16,17). The predicted molar refractivity (Wildman–Crippen MR) is 73.9 cm³/mol. The number of nitrogens with zero attached hydrogens (tertiary/aromatic N) is 2. The number of rotatable bonds is 5. The summed E-state index contributed by atoms with van der Waals surface area (Å²) in [6, 6.07) is 7.81. The molecule has 0 aliphatic rings. The summed E-state index contributed by atoms with van der Waals surface area (Å²) in [7, 11) is 1.79. The van der Waals surface area contributed by atoms with Crippen LogP contribution in [0.1, 0.15) is 13.3 Å². The van der Waals surface area contributed by atoms with E-state index in [1.165, 1.54) is 0 Å². The van der Waals surface area contributed by atoms with Gasteiger partial charge in [-0.2, -0.15) is 4.98 Å². The van der Waals surface area contributed by atoms with Crippen LogP contribution in [0.15, 0.2) is 24.3 Å². The molecule has 5 heteroatoms. The van der Waals surface area contributed by atoms with Gasteiger partial charge in [-0.05, 0) is 18.6 Å². The molecule has 2 aromatic rings. The molecule has 0 amide bonds. The maximum Gasteiger partial charge on any atom is 0.224 e. The maximum absolute atomic E-state index is 9.60. The second-order valence-electron chi connectivity index (χ2n) is 4.11. The zero-order valence-electron chi connectivity index (χ0n) is 10.6. The first-order valence-corrected chi connectivity index (χ1v) is 6.11. The molecule has 1 aromatic heterocycles. The van der Waals surface area contributed by atoms with Crippen molar-refractivity contribution in [3.8, 4) is 0 Å². The lowest BCUT2D eigenvalue weighted by Crippen LogP contribution is -2.19. The Morgan fingerprint density at radius 2 is 2.06 bits per heavy atom. The van der Waals surface area contributed by atoms with E-state index in [0.717, 1.165) is 23.1 Å². The van der Waals surface area contributed by atoms with Crippen LogP contribution in [0.25, 0.3) is 10.9 Å². The van der Waals surface area contributed by atoms with Crippen molar-refractivity contribution in [2.24, 2.45) is 0 Å². The second-order valence-corrected chi connectivity index (χ2v) is 4.11. The summed E-state index contributed by atoms with van der Waals surface area (Å²) in [5.41, 5.74) is 0.880. The summed E-state index contributed by atoms with van der Waals surface area (Å²) < 4.78 is 0. The van der Waals surface area contributed by atoms with Crippen LogP contribution in [-0.2, 0) is 0 Å². The molecule has 1 aromatic carbocycles. The van der Waals surface area contributed by atoms with Crippen LogP contribution in [-0.4, -0.2) is 34.8 Å². The van der Waals surface area contributed by atoms with Crippen LogP contribution >= 0.6 is 0 Å². The van der Waals surface area contributed by atoms with Gasteiger partial charge in [-0.1, -0.05) is 19.1 Å². The van der Waals surface area contributed by atoms with Crippen LogP contribution < -0.4 is 10.6 Å². The first-order chi connectivity index (χ1) is 8.74. The molecular weight excluding hydrogens is 228 g/mol. The first-order valence-electron chi connectivity index (χ1n) is 6.11. The number of fused-ring (bicyclic) bond motifs is 1. The van der Waals surface area contributed by atoms with Gasteiger partial charge in [0.15, 0.2) is 0 Å². The zero-order chi connectivity index (χ0) is 13.0. The largest absolute Gasteiger partial charge is 0.391 e. The molecule has 0 aliphatic heterocycles. The molecule has 0 spiro atoms. The lowest BCUT2D eigenvalue weighted by molar-refractivity contribution is 0.183. The Hall–Kier alpha value is -1.88. The van der Waals surface area contributed by atoms with Crippen molar-refractivity contribution in [3.05, 3.63) is 24.3 Å². The van der Waals surface area contributed by atoms with E-state index in [-0.39, 0.29) is 6.10 Å². The summed E-state index contributed by atoms with van der Waals surface area (Å²) in [6.07, 6.45) is 0.353. The molecule has 5 nitrogen and oxygen atoms in total. The summed E-state index contributed by atoms with van der Waals surface area (Å²) in [4.78, 5) is 8.76. The van der Waals surface area contributed by atoms with E-state index in [0.29, 0.717) is 12.5 Å². The average Bonchev–Trinajstić information content (AvgIpc) is 2.43. The second kappa shape index (κ2) is 5.64. The molecule has 96 valence electrons. The number of anilines is 2. The van der Waals surface area contributed by atoms with Gasteiger partial charge in [-0.15, -0.1) is 0 Å². The van der Waals surface area contributed by atoms with E-state index in [1.54, 1.807) is 7.05 Å². The van der Waals surface area contributed by atoms with E-state index in [4.69, 9.17) is 0 Å². The van der Waals surface area contributed by atoms with Crippen LogP contribution in [0, 0.1) is 0 Å². The quantitative estimate of drug-likeness (QED) is 0.751. The number of benzene rings is 1. The van der Waals surface area contributed by atoms with E-state index in [2.05, 4.69) is 20.6 Å². The third-order valence-electron chi connectivity index (χ3n) is 2.80. The molecule has 3 N–H and O–H groups in total. The first kappa shape index (κ1) is 12.6. The SMILES string of the molecule is CCC(O)CNc1nc(NC)nc2ccccc12. The van der Waals surface area contributed by atoms with E-state index < -0.39 is 0 Å². The highest BCUT2D eigenvalue weighted by molar-refractivity contribution is 5.89. The van der Waals surface area contributed by atoms with E-state index in [9.17, 15) is 5.11 Å². The summed E-state index contributed by atoms with van der Waals surface area (Å²) >= 11 is 0. The lowest BCUT2D eigenvalue weighted by atomic mass is 10.2. The Morgan fingerprint density at radius 1 is 1.28 bits per heavy atom. The van der Waals surface area contributed by atoms with Gasteiger partial charge in [-0.3, -0.25) is 0 Å². The van der Waals surface area contributed by atoms with Crippen molar-refractivity contribution in [2.45, 2.75) is 19.4 Å². The zero-order valence-corrected chi connectivity index (χ0v) is 10.6. The van der Waals surface area contributed by atoms with Gasteiger partial charge in [0.1, 0.15) is 5.82 Å². The third-order valence-corrected chi connectivity index (χ3v) is 2.80. The molecule has 0 bridgehead atoms. The molecule has 0 radical (unpaired) electrons. The van der Waals surface area contributed by atoms with E-state index in [1.807, 2.05) is 31.2 Å². The molecule has 2 rings (SSSR count). The van der Waals surface area contributed by atoms with Crippen molar-refractivity contribution >= 4 is 22.7 Å². The van der Waals surface area contributed by atoms with Crippen molar-refractivity contribution in [1.29, 1.82) is 0 Å². The molecule has 1 atom stereocenters. The topological polar surface area (TPSA) is 70.1 Å². The summed E-state index contributed by atoms with van der Waals surface area (Å²) in [5, 5.41) is 16.7. The van der Waals surface area contributed by atoms with Gasteiger partial charge in [0.25, 0.3) is 0 Å². The molecular formula is C13H18N4O. The third kappa shape index (κ3) is 2.68. The van der Waals surface area contributed by atoms with Gasteiger partial charge < -0.3 is 15.7 Å². The van der Waals surface area contributed by atoms with Crippen molar-refractivity contribution in [2.75, 3.05) is 24.2 Å². The van der Waals surface area contributed by atoms with Gasteiger partial charge in [0.05, 0.1) is 11.6 Å². The van der Waals surface area contributed by atoms with Gasteiger partial charge in [0, 0.05) is 19.0 Å². The Morgan fingerprint density at radius 3 is 2.78 bits per heavy atom. The minimum absolute atomic E-state index is 0.364. The molecule has 18 heavy (non-hydrogen) atoms. The number of para-hydroxylation sites is 1. The molecule has 0 aliphatic carbocycles. The van der Waals surface area contributed by atoms with Crippen LogP contribution in [0.2, 0.25) is 0 Å². The molecule has 0 fully saturated rings. The number of aliphatic hydroxyl groups excluding tert-OH is 1. The minimum Gasteiger partial charge on any atom is -0.391 e. The van der Waals surface area contributed by atoms with Gasteiger partial charge in [-0.25, -0.2) is 4.98 Å². The predicted octanol–water partition coefficient (Wildman–Crippen LogP) is 1.85. The maximum atomic E-state index is 9.60. The van der Waals surface area contributed by atoms with Crippen molar-refractivity contribution < 1.29 is 5.11 Å². The number of hydrogen-bond acceptors (Lipinski definition) is 5. The number of aromatic nitrogens is 2. The fraction of sp³-hybridized carbons (Fsp3) is 0.385. The number of hydrogen-bond donors (Lipinski definition) is 3. The number of aliphatic hydroxyl groups is 1. The molecule has 1 unspecified atom stereocenters. The molecule has 0 saturated heterocycles. The fourth-order valence-corrected chi connectivity index (χ4v) is 1.68. The summed E-state index contributed by atoms with van der Waals surface area (Å²) in [5.74, 6) is 1.32. The van der Waals surface area contributed by atoms with Crippen LogP contribution in [0.5, 0.6) is 0 Å². The Labute approximate surface area is 106 Å². The minimum atomic E-state index is -0.364. The molecule has 0 saturated carbocycles. The van der Waals surface area contributed by atoms with Crippen molar-refractivity contribution in [3.63, 3.8) is 0 Å². The van der Waals surface area contributed by atoms with Crippen LogP contribution in [0.4, 0.5) is 11.8 Å². The normalized spacial score (nSPS) is 12.4.